The third-order valence-corrected chi connectivity index (χ3v) is 3.92. The summed E-state index contributed by atoms with van der Waals surface area (Å²) in [5.74, 6) is -0.456. The lowest BCUT2D eigenvalue weighted by Gasteiger charge is -2.19. The Bertz CT molecular complexity index is 758. The fourth-order valence-corrected chi connectivity index (χ4v) is 2.60. The molecular formula is C16H18FN5O2. The van der Waals surface area contributed by atoms with Gasteiger partial charge in [-0.05, 0) is 24.3 Å². The van der Waals surface area contributed by atoms with Gasteiger partial charge in [-0.1, -0.05) is 0 Å². The van der Waals surface area contributed by atoms with Gasteiger partial charge in [0.1, 0.15) is 11.9 Å². The van der Waals surface area contributed by atoms with Crippen LogP contribution in [0.15, 0.2) is 36.7 Å². The third-order valence-electron chi connectivity index (χ3n) is 3.92. The van der Waals surface area contributed by atoms with Gasteiger partial charge >= 0.3 is 6.03 Å². The number of hydrogen-bond donors (Lipinski definition) is 1. The molecule has 1 unspecified atom stereocenters. The molecule has 8 heteroatoms. The molecule has 1 aliphatic heterocycles. The van der Waals surface area contributed by atoms with E-state index in [9.17, 15) is 14.0 Å². The van der Waals surface area contributed by atoms with Gasteiger partial charge in [0.2, 0.25) is 5.91 Å². The molecule has 2 aromatic rings. The van der Waals surface area contributed by atoms with Crippen molar-refractivity contribution in [2.24, 2.45) is 0 Å². The van der Waals surface area contributed by atoms with E-state index < -0.39 is 6.04 Å². The van der Waals surface area contributed by atoms with Gasteiger partial charge in [0.25, 0.3) is 0 Å². The molecule has 3 amide bonds. The summed E-state index contributed by atoms with van der Waals surface area (Å²) in [6.45, 7) is 0.729. The molecule has 0 radical (unpaired) electrons. The number of halogens is 1. The summed E-state index contributed by atoms with van der Waals surface area (Å²) in [4.78, 5) is 26.9. The van der Waals surface area contributed by atoms with Gasteiger partial charge in [0, 0.05) is 32.4 Å². The topological polar surface area (TPSA) is 70.5 Å². The minimum atomic E-state index is -0.528. The molecule has 0 saturated carbocycles. The van der Waals surface area contributed by atoms with E-state index >= 15 is 0 Å². The molecule has 1 aliphatic rings. The summed E-state index contributed by atoms with van der Waals surface area (Å²) >= 11 is 0. The molecule has 1 aromatic carbocycles. The number of rotatable bonds is 4. The third kappa shape index (κ3) is 3.22. The number of nitrogens with one attached hydrogen (secondary N) is 1. The molecule has 24 heavy (non-hydrogen) atoms. The Hall–Kier alpha value is -2.90. The summed E-state index contributed by atoms with van der Waals surface area (Å²) in [6, 6.07) is 5.22. The number of hydrogen-bond acceptors (Lipinski definition) is 3. The van der Waals surface area contributed by atoms with Crippen LogP contribution in [0, 0.1) is 5.82 Å². The maximum Gasteiger partial charge on any atom is 0.317 e. The van der Waals surface area contributed by atoms with E-state index in [1.54, 1.807) is 48.2 Å². The van der Waals surface area contributed by atoms with Crippen LogP contribution in [0.3, 0.4) is 0 Å². The Labute approximate surface area is 138 Å². The van der Waals surface area contributed by atoms with Crippen molar-refractivity contribution in [1.82, 2.24) is 24.9 Å². The molecule has 0 spiro atoms. The summed E-state index contributed by atoms with van der Waals surface area (Å²) in [5, 5.41) is 6.87. The molecule has 1 fully saturated rings. The molecular weight excluding hydrogens is 313 g/mol. The van der Waals surface area contributed by atoms with Crippen molar-refractivity contribution in [3.8, 4) is 5.69 Å². The molecule has 0 aliphatic carbocycles. The highest BCUT2D eigenvalue weighted by Gasteiger charge is 2.32. The van der Waals surface area contributed by atoms with E-state index in [0.717, 1.165) is 11.3 Å². The maximum absolute atomic E-state index is 13.0. The molecule has 1 aromatic heterocycles. The number of carbonyl (C=O) groups excluding carboxylic acids is 2. The second kappa shape index (κ2) is 6.31. The fourth-order valence-electron chi connectivity index (χ4n) is 2.60. The van der Waals surface area contributed by atoms with Crippen molar-refractivity contribution in [3.05, 3.63) is 48.0 Å². The van der Waals surface area contributed by atoms with Crippen LogP contribution in [-0.4, -0.2) is 58.2 Å². The number of benzene rings is 1. The quantitative estimate of drug-likeness (QED) is 0.908. The van der Waals surface area contributed by atoms with Gasteiger partial charge in [-0.3, -0.25) is 4.79 Å². The number of carbonyl (C=O) groups is 2. The highest BCUT2D eigenvalue weighted by molar-refractivity contribution is 5.90. The fraction of sp³-hybridized carbons (Fsp3) is 0.312. The van der Waals surface area contributed by atoms with Crippen molar-refractivity contribution in [2.75, 3.05) is 20.6 Å². The van der Waals surface area contributed by atoms with Crippen LogP contribution in [-0.2, 0) is 11.3 Å². The van der Waals surface area contributed by atoms with Crippen LogP contribution in [0.1, 0.15) is 5.56 Å². The van der Waals surface area contributed by atoms with Gasteiger partial charge < -0.3 is 15.1 Å². The van der Waals surface area contributed by atoms with E-state index in [-0.39, 0.29) is 17.8 Å². The zero-order valence-corrected chi connectivity index (χ0v) is 13.4. The lowest BCUT2D eigenvalue weighted by Crippen LogP contribution is -2.43. The van der Waals surface area contributed by atoms with Gasteiger partial charge in [-0.2, -0.15) is 5.10 Å². The maximum atomic E-state index is 13.0. The first-order valence-electron chi connectivity index (χ1n) is 7.50. The smallest absolute Gasteiger partial charge is 0.317 e. The lowest BCUT2D eigenvalue weighted by atomic mass is 10.2. The highest BCUT2D eigenvalue weighted by atomic mass is 19.1. The van der Waals surface area contributed by atoms with E-state index in [1.807, 2.05) is 0 Å². The monoisotopic (exact) mass is 331 g/mol. The number of amides is 3. The first-order chi connectivity index (χ1) is 11.4. The molecule has 1 atom stereocenters. The van der Waals surface area contributed by atoms with Crippen LogP contribution in [0.4, 0.5) is 9.18 Å². The van der Waals surface area contributed by atoms with E-state index in [0.29, 0.717) is 13.1 Å². The number of likely N-dealkylation sites (N-methyl/N-ethyl adjacent to an activating group) is 2. The van der Waals surface area contributed by atoms with Crippen LogP contribution in [0.25, 0.3) is 5.69 Å². The number of nitrogens with zero attached hydrogens (tertiary/aromatic N) is 4. The first kappa shape index (κ1) is 16.0. The van der Waals surface area contributed by atoms with Crippen molar-refractivity contribution in [3.63, 3.8) is 0 Å². The molecule has 3 rings (SSSR count). The van der Waals surface area contributed by atoms with Crippen molar-refractivity contribution >= 4 is 11.9 Å². The summed E-state index contributed by atoms with van der Waals surface area (Å²) < 4.78 is 14.6. The summed E-state index contributed by atoms with van der Waals surface area (Å²) in [7, 11) is 3.33. The van der Waals surface area contributed by atoms with Gasteiger partial charge in [0.05, 0.1) is 18.4 Å². The van der Waals surface area contributed by atoms with Gasteiger partial charge in [-0.15, -0.1) is 0 Å². The van der Waals surface area contributed by atoms with Gasteiger partial charge in [-0.25, -0.2) is 13.9 Å². The predicted molar refractivity (Wildman–Crippen MR) is 84.9 cm³/mol. The Balaban J connectivity index is 1.65. The van der Waals surface area contributed by atoms with Crippen LogP contribution in [0.5, 0.6) is 0 Å². The Kier molecular flexibility index (Phi) is 4.20. The van der Waals surface area contributed by atoms with E-state index in [4.69, 9.17) is 0 Å². The second-order valence-corrected chi connectivity index (χ2v) is 5.85. The van der Waals surface area contributed by atoms with Gasteiger partial charge in [0.15, 0.2) is 0 Å². The van der Waals surface area contributed by atoms with Crippen molar-refractivity contribution in [1.29, 1.82) is 0 Å². The summed E-state index contributed by atoms with van der Waals surface area (Å²) in [5.41, 5.74) is 1.58. The zero-order valence-electron chi connectivity index (χ0n) is 13.4. The minimum Gasteiger partial charge on any atom is -0.339 e. The van der Waals surface area contributed by atoms with Crippen LogP contribution in [0.2, 0.25) is 0 Å². The minimum absolute atomic E-state index is 0.151. The van der Waals surface area contributed by atoms with Crippen LogP contribution < -0.4 is 5.32 Å². The summed E-state index contributed by atoms with van der Waals surface area (Å²) in [6.07, 6.45) is 3.45. The molecule has 2 heterocycles. The average molecular weight is 331 g/mol. The van der Waals surface area contributed by atoms with Crippen molar-refractivity contribution in [2.45, 2.75) is 12.6 Å². The molecule has 7 nitrogen and oxygen atoms in total. The van der Waals surface area contributed by atoms with Crippen molar-refractivity contribution < 1.29 is 14.0 Å². The van der Waals surface area contributed by atoms with E-state index in [2.05, 4.69) is 10.4 Å². The highest BCUT2D eigenvalue weighted by Crippen LogP contribution is 2.12. The normalized spacial score (nSPS) is 17.0. The number of urea groups is 1. The molecule has 1 saturated heterocycles. The standard InChI is InChI=1S/C16H18FN5O2/c1-20(15(23)14-10-21(2)16(24)19-14)8-11-7-18-22(9-11)13-5-3-12(17)4-6-13/h3-7,9,14H,8,10H2,1-2H3,(H,19,24). The largest absolute Gasteiger partial charge is 0.339 e. The van der Waals surface area contributed by atoms with Crippen LogP contribution >= 0.6 is 0 Å². The SMILES string of the molecule is CN1CC(C(=O)N(C)Cc2cnn(-c3ccc(F)cc3)c2)NC1=O. The lowest BCUT2D eigenvalue weighted by molar-refractivity contribution is -0.132. The molecule has 126 valence electrons. The predicted octanol–water partition coefficient (Wildman–Crippen LogP) is 0.993. The molecule has 0 bridgehead atoms. The zero-order chi connectivity index (χ0) is 17.3. The molecule has 1 N–H and O–H groups in total. The Morgan fingerprint density at radius 1 is 1.42 bits per heavy atom. The Morgan fingerprint density at radius 2 is 2.12 bits per heavy atom. The number of aromatic nitrogens is 2. The second-order valence-electron chi connectivity index (χ2n) is 5.85. The Morgan fingerprint density at radius 3 is 2.75 bits per heavy atom. The average Bonchev–Trinajstić information content (AvgIpc) is 3.15. The van der Waals surface area contributed by atoms with E-state index in [1.165, 1.54) is 17.0 Å². The first-order valence-corrected chi connectivity index (χ1v) is 7.50.